The molecule has 0 saturated carbocycles. The van der Waals surface area contributed by atoms with Crippen molar-refractivity contribution in [1.82, 2.24) is 4.98 Å². The number of nitrogens with zero attached hydrogens (tertiary/aromatic N) is 1. The van der Waals surface area contributed by atoms with Gasteiger partial charge in [-0.3, -0.25) is 4.72 Å². The molecule has 0 aliphatic heterocycles. The van der Waals surface area contributed by atoms with E-state index in [0.717, 1.165) is 21.4 Å². The molecule has 0 atom stereocenters. The van der Waals surface area contributed by atoms with Crippen molar-refractivity contribution in [3.63, 3.8) is 0 Å². The van der Waals surface area contributed by atoms with Crippen LogP contribution in [-0.2, 0) is 10.0 Å². The van der Waals surface area contributed by atoms with Crippen molar-refractivity contribution in [1.29, 1.82) is 0 Å². The van der Waals surface area contributed by atoms with Gasteiger partial charge in [0.25, 0.3) is 10.0 Å². The fraction of sp³-hybridized carbons (Fsp3) is 0.100. The van der Waals surface area contributed by atoms with Crippen molar-refractivity contribution in [2.24, 2.45) is 0 Å². The third-order valence-electron chi connectivity index (χ3n) is 2.13. The average molecular weight is 368 g/mol. The van der Waals surface area contributed by atoms with Crippen LogP contribution >= 0.6 is 38.9 Å². The highest BCUT2D eigenvalue weighted by molar-refractivity contribution is 9.10. The Balaban J connectivity index is 2.30. The van der Waals surface area contributed by atoms with Crippen LogP contribution in [0.3, 0.4) is 0 Å². The SMILES string of the molecule is Cc1cc(NS(=O)(=O)c2cnc(Cl)s2)ccc1Br. The zero-order chi connectivity index (χ0) is 13.3. The number of rotatable bonds is 3. The minimum Gasteiger partial charge on any atom is -0.279 e. The fourth-order valence-electron chi connectivity index (χ4n) is 1.28. The second-order valence-electron chi connectivity index (χ2n) is 3.50. The normalized spacial score (nSPS) is 11.5. The Morgan fingerprint density at radius 1 is 1.44 bits per heavy atom. The van der Waals surface area contributed by atoms with E-state index in [1.165, 1.54) is 6.20 Å². The van der Waals surface area contributed by atoms with E-state index in [-0.39, 0.29) is 8.68 Å². The van der Waals surface area contributed by atoms with Crippen molar-refractivity contribution in [3.05, 3.63) is 38.9 Å². The summed E-state index contributed by atoms with van der Waals surface area (Å²) in [4.78, 5) is 3.71. The number of nitrogens with one attached hydrogen (secondary N) is 1. The van der Waals surface area contributed by atoms with Gasteiger partial charge in [0.2, 0.25) is 0 Å². The maximum atomic E-state index is 12.0. The number of anilines is 1. The Morgan fingerprint density at radius 3 is 2.72 bits per heavy atom. The Kier molecular flexibility index (Phi) is 3.96. The first-order chi connectivity index (χ1) is 8.38. The summed E-state index contributed by atoms with van der Waals surface area (Å²) in [6, 6.07) is 5.20. The smallest absolute Gasteiger partial charge is 0.273 e. The van der Waals surface area contributed by atoms with E-state index in [1.54, 1.807) is 18.2 Å². The van der Waals surface area contributed by atoms with E-state index in [0.29, 0.717) is 5.69 Å². The van der Waals surface area contributed by atoms with Crippen molar-refractivity contribution in [2.45, 2.75) is 11.1 Å². The molecule has 0 unspecified atom stereocenters. The van der Waals surface area contributed by atoms with Gasteiger partial charge in [0.15, 0.2) is 8.68 Å². The molecule has 18 heavy (non-hydrogen) atoms. The lowest BCUT2D eigenvalue weighted by atomic mass is 10.2. The molecule has 1 aromatic carbocycles. The zero-order valence-corrected chi connectivity index (χ0v) is 13.1. The van der Waals surface area contributed by atoms with Crippen LogP contribution in [0.5, 0.6) is 0 Å². The molecule has 0 aliphatic carbocycles. The Bertz CT molecular complexity index is 685. The van der Waals surface area contributed by atoms with Crippen LogP contribution in [0, 0.1) is 6.92 Å². The van der Waals surface area contributed by atoms with Crippen LogP contribution in [0.1, 0.15) is 5.56 Å². The van der Waals surface area contributed by atoms with Gasteiger partial charge in [0.05, 0.1) is 6.20 Å². The Labute approximate surface area is 122 Å². The third-order valence-corrected chi connectivity index (χ3v) is 5.98. The molecule has 0 amide bonds. The fourth-order valence-corrected chi connectivity index (χ4v) is 3.87. The summed E-state index contributed by atoms with van der Waals surface area (Å²) in [7, 11) is -3.62. The van der Waals surface area contributed by atoms with Gasteiger partial charge in [-0.2, -0.15) is 0 Å². The standard InChI is InChI=1S/C10H8BrClN2O2S2/c1-6-4-7(2-3-8(6)11)14-18(15,16)9-5-13-10(12)17-9/h2-5,14H,1H3. The molecule has 8 heteroatoms. The van der Waals surface area contributed by atoms with Crippen LogP contribution < -0.4 is 4.72 Å². The molecule has 96 valence electrons. The molecule has 1 N–H and O–H groups in total. The van der Waals surface area contributed by atoms with Crippen molar-refractivity contribution < 1.29 is 8.42 Å². The monoisotopic (exact) mass is 366 g/mol. The highest BCUT2D eigenvalue weighted by atomic mass is 79.9. The van der Waals surface area contributed by atoms with Crippen molar-refractivity contribution >= 4 is 54.6 Å². The second-order valence-corrected chi connectivity index (χ2v) is 7.88. The lowest BCUT2D eigenvalue weighted by Crippen LogP contribution is -2.11. The number of benzene rings is 1. The van der Waals surface area contributed by atoms with E-state index in [9.17, 15) is 8.42 Å². The maximum Gasteiger partial charge on any atom is 0.273 e. The van der Waals surface area contributed by atoms with Gasteiger partial charge in [0, 0.05) is 10.2 Å². The summed E-state index contributed by atoms with van der Waals surface area (Å²) in [5.74, 6) is 0. The van der Waals surface area contributed by atoms with Gasteiger partial charge >= 0.3 is 0 Å². The quantitative estimate of drug-likeness (QED) is 0.900. The molecular weight excluding hydrogens is 360 g/mol. The predicted molar refractivity (Wildman–Crippen MR) is 76.8 cm³/mol. The molecule has 2 aromatic rings. The molecule has 4 nitrogen and oxygen atoms in total. The van der Waals surface area contributed by atoms with Crippen molar-refractivity contribution in [3.8, 4) is 0 Å². The molecule has 0 bridgehead atoms. The van der Waals surface area contributed by atoms with E-state index in [4.69, 9.17) is 11.6 Å². The van der Waals surface area contributed by atoms with Gasteiger partial charge in [-0.25, -0.2) is 13.4 Å². The largest absolute Gasteiger partial charge is 0.279 e. The number of aryl methyl sites for hydroxylation is 1. The minimum atomic E-state index is -3.62. The summed E-state index contributed by atoms with van der Waals surface area (Å²) in [5, 5.41) is 0. The minimum absolute atomic E-state index is 0.0908. The Morgan fingerprint density at radius 2 is 2.17 bits per heavy atom. The van der Waals surface area contributed by atoms with E-state index < -0.39 is 10.0 Å². The van der Waals surface area contributed by atoms with Crippen LogP contribution in [0.4, 0.5) is 5.69 Å². The molecule has 0 fully saturated rings. The first-order valence-electron chi connectivity index (χ1n) is 4.79. The summed E-state index contributed by atoms with van der Waals surface area (Å²) >= 11 is 9.89. The van der Waals surface area contributed by atoms with E-state index in [2.05, 4.69) is 25.6 Å². The average Bonchev–Trinajstić information content (AvgIpc) is 2.71. The predicted octanol–water partition coefficient (Wildman–Crippen LogP) is 3.67. The number of aromatic nitrogens is 1. The van der Waals surface area contributed by atoms with Crippen molar-refractivity contribution in [2.75, 3.05) is 4.72 Å². The lowest BCUT2D eigenvalue weighted by Gasteiger charge is -2.07. The topological polar surface area (TPSA) is 59.1 Å². The highest BCUT2D eigenvalue weighted by Gasteiger charge is 2.17. The van der Waals surface area contributed by atoms with Gasteiger partial charge in [-0.05, 0) is 30.7 Å². The summed E-state index contributed by atoms with van der Waals surface area (Å²) in [6.07, 6.45) is 1.24. The van der Waals surface area contributed by atoms with Gasteiger partial charge in [0.1, 0.15) is 0 Å². The van der Waals surface area contributed by atoms with Crippen LogP contribution in [0.2, 0.25) is 4.47 Å². The molecule has 1 aromatic heterocycles. The molecular formula is C10H8BrClN2O2S2. The molecule has 2 rings (SSSR count). The number of halogens is 2. The molecule has 0 radical (unpaired) electrons. The molecule has 0 spiro atoms. The van der Waals surface area contributed by atoms with Crippen LogP contribution in [-0.4, -0.2) is 13.4 Å². The first kappa shape index (κ1) is 13.8. The second kappa shape index (κ2) is 5.16. The summed E-state index contributed by atoms with van der Waals surface area (Å²) in [5.41, 5.74) is 1.44. The zero-order valence-electron chi connectivity index (χ0n) is 9.15. The molecule has 0 saturated heterocycles. The van der Waals surface area contributed by atoms with E-state index in [1.807, 2.05) is 6.92 Å². The number of hydrogen-bond donors (Lipinski definition) is 1. The summed E-state index contributed by atoms with van der Waals surface area (Å²) < 4.78 is 27.7. The van der Waals surface area contributed by atoms with Crippen LogP contribution in [0.25, 0.3) is 0 Å². The third kappa shape index (κ3) is 3.03. The lowest BCUT2D eigenvalue weighted by molar-refractivity contribution is 0.603. The maximum absolute atomic E-state index is 12.0. The first-order valence-corrected chi connectivity index (χ1v) is 8.26. The number of sulfonamides is 1. The molecule has 1 heterocycles. The van der Waals surface area contributed by atoms with Crippen LogP contribution in [0.15, 0.2) is 33.1 Å². The summed E-state index contributed by atoms with van der Waals surface area (Å²) in [6.45, 7) is 1.88. The molecule has 0 aliphatic rings. The van der Waals surface area contributed by atoms with Gasteiger partial charge in [-0.15, -0.1) is 0 Å². The number of thiazole rings is 1. The number of hydrogen-bond acceptors (Lipinski definition) is 4. The Hall–Kier alpha value is -0.630. The van der Waals surface area contributed by atoms with Gasteiger partial charge in [-0.1, -0.05) is 38.9 Å². The highest BCUT2D eigenvalue weighted by Crippen LogP contribution is 2.26. The van der Waals surface area contributed by atoms with Gasteiger partial charge < -0.3 is 0 Å². The van der Waals surface area contributed by atoms with E-state index >= 15 is 0 Å².